The molecule has 0 unspecified atom stereocenters. The summed E-state index contributed by atoms with van der Waals surface area (Å²) in [6.45, 7) is 2.39. The molecule has 168 valence electrons. The fourth-order valence-electron chi connectivity index (χ4n) is 3.56. The number of para-hydroxylation sites is 2. The van der Waals surface area contributed by atoms with Gasteiger partial charge in [0.1, 0.15) is 11.1 Å². The molecule has 8 nitrogen and oxygen atoms in total. The average Bonchev–Trinajstić information content (AvgIpc) is 3.21. The standard InChI is InChI=1S/C24H21N3O5S/c1-2-32-21-9-4-3-8-20(21)26-22(28)15-33-24(26)16-10-12-18(13-11-16)25-23(29)17-6-5-7-19(14-17)27(30)31/h3-14,24H,2,15H2,1H3,(H,25,29)/t24-/m1/s1. The molecule has 0 radical (unpaired) electrons. The second kappa shape index (κ2) is 9.74. The molecule has 1 N–H and O–H groups in total. The predicted molar refractivity (Wildman–Crippen MR) is 128 cm³/mol. The summed E-state index contributed by atoms with van der Waals surface area (Å²) < 4.78 is 5.72. The van der Waals surface area contributed by atoms with Gasteiger partial charge in [-0.05, 0) is 42.8 Å². The van der Waals surface area contributed by atoms with Crippen molar-refractivity contribution in [2.75, 3.05) is 22.6 Å². The first-order valence-electron chi connectivity index (χ1n) is 10.3. The third-order valence-electron chi connectivity index (χ3n) is 5.07. The van der Waals surface area contributed by atoms with Crippen molar-refractivity contribution in [3.63, 3.8) is 0 Å². The quantitative estimate of drug-likeness (QED) is 0.390. The van der Waals surface area contributed by atoms with Crippen LogP contribution in [-0.4, -0.2) is 29.1 Å². The average molecular weight is 464 g/mol. The zero-order valence-electron chi connectivity index (χ0n) is 17.8. The molecule has 1 saturated heterocycles. The summed E-state index contributed by atoms with van der Waals surface area (Å²) in [4.78, 5) is 37.4. The van der Waals surface area contributed by atoms with E-state index in [1.807, 2.05) is 43.3 Å². The lowest BCUT2D eigenvalue weighted by atomic mass is 10.1. The topological polar surface area (TPSA) is 102 Å². The molecule has 4 rings (SSSR count). The highest BCUT2D eigenvalue weighted by Crippen LogP contribution is 2.44. The van der Waals surface area contributed by atoms with E-state index in [1.165, 1.54) is 36.0 Å². The molecule has 1 heterocycles. The summed E-state index contributed by atoms with van der Waals surface area (Å²) in [6, 6.07) is 20.2. The number of nitro groups is 1. The molecular formula is C24H21N3O5S. The summed E-state index contributed by atoms with van der Waals surface area (Å²) in [5, 5.41) is 13.5. The summed E-state index contributed by atoms with van der Waals surface area (Å²) in [5.41, 5.74) is 2.23. The Hall–Kier alpha value is -3.85. The molecule has 1 fully saturated rings. The molecular weight excluding hydrogens is 442 g/mol. The van der Waals surface area contributed by atoms with Gasteiger partial charge in [-0.25, -0.2) is 0 Å². The van der Waals surface area contributed by atoms with Crippen molar-refractivity contribution in [1.82, 2.24) is 0 Å². The molecule has 3 aromatic rings. The number of rotatable bonds is 7. The molecule has 1 aliphatic rings. The fourth-order valence-corrected chi connectivity index (χ4v) is 4.73. The van der Waals surface area contributed by atoms with Crippen molar-refractivity contribution in [3.05, 3.63) is 94.0 Å². The first kappa shape index (κ1) is 22.3. The van der Waals surface area contributed by atoms with E-state index in [0.29, 0.717) is 23.8 Å². The third kappa shape index (κ3) is 4.83. The fraction of sp³-hybridized carbons (Fsp3) is 0.167. The Morgan fingerprint density at radius 3 is 2.64 bits per heavy atom. The number of hydrogen-bond donors (Lipinski definition) is 1. The van der Waals surface area contributed by atoms with E-state index in [4.69, 9.17) is 4.74 Å². The minimum atomic E-state index is -0.540. The van der Waals surface area contributed by atoms with E-state index in [-0.39, 0.29) is 22.5 Å². The van der Waals surface area contributed by atoms with Crippen LogP contribution in [0.3, 0.4) is 0 Å². The Balaban J connectivity index is 1.53. The number of benzene rings is 3. The van der Waals surface area contributed by atoms with Gasteiger partial charge < -0.3 is 10.1 Å². The van der Waals surface area contributed by atoms with Crippen LogP contribution >= 0.6 is 11.8 Å². The monoisotopic (exact) mass is 463 g/mol. The summed E-state index contributed by atoms with van der Waals surface area (Å²) in [7, 11) is 0. The van der Waals surface area contributed by atoms with Crippen LogP contribution in [0.15, 0.2) is 72.8 Å². The zero-order valence-corrected chi connectivity index (χ0v) is 18.6. The Kier molecular flexibility index (Phi) is 6.60. The molecule has 1 atom stereocenters. The summed E-state index contributed by atoms with van der Waals surface area (Å²) in [5.74, 6) is 0.571. The Bertz CT molecular complexity index is 1200. The number of carbonyl (C=O) groups excluding carboxylic acids is 2. The lowest BCUT2D eigenvalue weighted by Crippen LogP contribution is -2.28. The van der Waals surface area contributed by atoms with Crippen molar-refractivity contribution >= 4 is 40.6 Å². The number of non-ortho nitro benzene ring substituents is 1. The number of carbonyl (C=O) groups is 2. The van der Waals surface area contributed by atoms with Gasteiger partial charge in [-0.1, -0.05) is 30.3 Å². The van der Waals surface area contributed by atoms with Crippen LogP contribution < -0.4 is 15.0 Å². The van der Waals surface area contributed by atoms with E-state index in [2.05, 4.69) is 5.32 Å². The second-order valence-corrected chi connectivity index (χ2v) is 8.28. The van der Waals surface area contributed by atoms with Gasteiger partial charge in [-0.15, -0.1) is 11.8 Å². The van der Waals surface area contributed by atoms with Crippen molar-refractivity contribution in [1.29, 1.82) is 0 Å². The number of hydrogen-bond acceptors (Lipinski definition) is 6. The van der Waals surface area contributed by atoms with E-state index >= 15 is 0 Å². The highest BCUT2D eigenvalue weighted by atomic mass is 32.2. The number of amides is 2. The first-order valence-corrected chi connectivity index (χ1v) is 11.3. The number of nitrogens with zero attached hydrogens (tertiary/aromatic N) is 2. The first-order chi connectivity index (χ1) is 16.0. The number of nitrogens with one attached hydrogen (secondary N) is 1. The molecule has 0 bridgehead atoms. The van der Waals surface area contributed by atoms with Crippen molar-refractivity contribution in [2.24, 2.45) is 0 Å². The molecule has 0 spiro atoms. The summed E-state index contributed by atoms with van der Waals surface area (Å²) >= 11 is 1.52. The van der Waals surface area contributed by atoms with Gasteiger partial charge in [-0.3, -0.25) is 24.6 Å². The van der Waals surface area contributed by atoms with E-state index in [0.717, 1.165) is 11.3 Å². The Morgan fingerprint density at radius 2 is 1.91 bits per heavy atom. The molecule has 9 heteroatoms. The van der Waals surface area contributed by atoms with Crippen molar-refractivity contribution in [3.8, 4) is 5.75 Å². The molecule has 0 saturated carbocycles. The van der Waals surface area contributed by atoms with Gasteiger partial charge in [0.05, 0.1) is 23.0 Å². The van der Waals surface area contributed by atoms with Crippen molar-refractivity contribution < 1.29 is 19.2 Å². The van der Waals surface area contributed by atoms with Crippen LogP contribution in [0.5, 0.6) is 5.75 Å². The van der Waals surface area contributed by atoms with Gasteiger partial charge in [0, 0.05) is 23.4 Å². The highest BCUT2D eigenvalue weighted by Gasteiger charge is 2.35. The number of thioether (sulfide) groups is 1. The van der Waals surface area contributed by atoms with Gasteiger partial charge in [-0.2, -0.15) is 0 Å². The van der Waals surface area contributed by atoms with Crippen LogP contribution in [0.2, 0.25) is 0 Å². The Labute approximate surface area is 194 Å². The minimum absolute atomic E-state index is 0.000189. The molecule has 1 aliphatic heterocycles. The molecule has 0 aromatic heterocycles. The van der Waals surface area contributed by atoms with Crippen LogP contribution in [0.1, 0.15) is 28.2 Å². The second-order valence-electron chi connectivity index (χ2n) is 7.21. The van der Waals surface area contributed by atoms with Gasteiger partial charge >= 0.3 is 0 Å². The summed E-state index contributed by atoms with van der Waals surface area (Å²) in [6.07, 6.45) is 0. The lowest BCUT2D eigenvalue weighted by Gasteiger charge is -2.26. The molecule has 33 heavy (non-hydrogen) atoms. The van der Waals surface area contributed by atoms with Crippen LogP contribution in [0.25, 0.3) is 0 Å². The van der Waals surface area contributed by atoms with Gasteiger partial charge in [0.25, 0.3) is 11.6 Å². The maximum Gasteiger partial charge on any atom is 0.270 e. The van der Waals surface area contributed by atoms with Crippen LogP contribution in [-0.2, 0) is 4.79 Å². The largest absolute Gasteiger partial charge is 0.492 e. The maximum absolute atomic E-state index is 12.7. The van der Waals surface area contributed by atoms with E-state index in [1.54, 1.807) is 17.0 Å². The number of nitro benzene ring substituents is 1. The molecule has 2 amide bonds. The SMILES string of the molecule is CCOc1ccccc1N1C(=O)CS[C@@H]1c1ccc(NC(=O)c2cccc([N+](=O)[O-])c2)cc1. The Morgan fingerprint density at radius 1 is 1.15 bits per heavy atom. The van der Waals surface area contributed by atoms with E-state index < -0.39 is 10.8 Å². The number of ether oxygens (including phenoxy) is 1. The lowest BCUT2D eigenvalue weighted by molar-refractivity contribution is -0.384. The third-order valence-corrected chi connectivity index (χ3v) is 6.28. The van der Waals surface area contributed by atoms with Gasteiger partial charge in [0.2, 0.25) is 5.91 Å². The minimum Gasteiger partial charge on any atom is -0.492 e. The smallest absolute Gasteiger partial charge is 0.270 e. The normalized spacial score (nSPS) is 15.4. The van der Waals surface area contributed by atoms with E-state index in [9.17, 15) is 19.7 Å². The van der Waals surface area contributed by atoms with Crippen LogP contribution in [0, 0.1) is 10.1 Å². The van der Waals surface area contributed by atoms with Crippen molar-refractivity contribution in [2.45, 2.75) is 12.3 Å². The van der Waals surface area contributed by atoms with Crippen LogP contribution in [0.4, 0.5) is 17.1 Å². The molecule has 0 aliphatic carbocycles. The maximum atomic E-state index is 12.7. The highest BCUT2D eigenvalue weighted by molar-refractivity contribution is 8.00. The predicted octanol–water partition coefficient (Wildman–Crippen LogP) is 5.02. The molecule has 3 aromatic carbocycles. The number of anilines is 2. The van der Waals surface area contributed by atoms with Gasteiger partial charge in [0.15, 0.2) is 0 Å². The zero-order chi connectivity index (χ0) is 23.4.